The molecule has 2 unspecified atom stereocenters. The molecule has 2 atom stereocenters. The summed E-state index contributed by atoms with van der Waals surface area (Å²) in [5.74, 6) is 1.86. The first kappa shape index (κ1) is 14.9. The summed E-state index contributed by atoms with van der Waals surface area (Å²) >= 11 is 0. The minimum Gasteiger partial charge on any atom is -0.497 e. The van der Waals surface area contributed by atoms with Gasteiger partial charge in [-0.05, 0) is 42.1 Å². The van der Waals surface area contributed by atoms with Crippen molar-refractivity contribution in [2.45, 2.75) is 51.2 Å². The van der Waals surface area contributed by atoms with Gasteiger partial charge < -0.3 is 14.8 Å². The molecule has 0 spiro atoms. The Hall–Kier alpha value is -1.06. The van der Waals surface area contributed by atoms with Crippen LogP contribution in [0.25, 0.3) is 0 Å². The van der Waals surface area contributed by atoms with Crippen molar-refractivity contribution in [3.63, 3.8) is 0 Å². The van der Waals surface area contributed by atoms with Crippen LogP contribution >= 0.6 is 0 Å². The molecule has 0 saturated heterocycles. The third-order valence-electron chi connectivity index (χ3n) is 4.99. The van der Waals surface area contributed by atoms with Crippen LogP contribution in [0.15, 0.2) is 18.2 Å². The number of benzene rings is 1. The van der Waals surface area contributed by atoms with Crippen LogP contribution in [0.3, 0.4) is 0 Å². The molecule has 0 amide bonds. The van der Waals surface area contributed by atoms with Crippen LogP contribution in [-0.2, 0) is 11.2 Å². The molecule has 3 rings (SSSR count). The van der Waals surface area contributed by atoms with E-state index in [0.29, 0.717) is 6.04 Å². The van der Waals surface area contributed by atoms with Crippen molar-refractivity contribution >= 4 is 0 Å². The summed E-state index contributed by atoms with van der Waals surface area (Å²) in [5, 5.41) is 3.59. The molecule has 1 aromatic carbocycles. The van der Waals surface area contributed by atoms with E-state index in [2.05, 4.69) is 30.4 Å². The Morgan fingerprint density at radius 3 is 2.81 bits per heavy atom. The number of fused-ring (bicyclic) bond motifs is 1. The van der Waals surface area contributed by atoms with Crippen molar-refractivity contribution in [3.05, 3.63) is 29.3 Å². The van der Waals surface area contributed by atoms with Crippen molar-refractivity contribution in [3.8, 4) is 5.75 Å². The number of rotatable bonds is 7. The Morgan fingerprint density at radius 1 is 1.29 bits per heavy atom. The molecule has 21 heavy (non-hydrogen) atoms. The molecule has 0 bridgehead atoms. The lowest BCUT2D eigenvalue weighted by molar-refractivity contribution is 0.0221. The van der Waals surface area contributed by atoms with Gasteiger partial charge in [0.25, 0.3) is 0 Å². The lowest BCUT2D eigenvalue weighted by atomic mass is 9.83. The minimum atomic E-state index is 0.270. The second-order valence-corrected chi connectivity index (χ2v) is 6.30. The molecule has 2 aliphatic rings. The standard InChI is InChI=1S/C18H27NO2/c1-3-19-18-16-12-15(20-2)8-7-14(16)11-17(18)21-10-9-13-5-4-6-13/h7-8,12-13,17-19H,3-6,9-11H2,1-2H3. The number of hydrogen-bond acceptors (Lipinski definition) is 3. The molecule has 0 aliphatic heterocycles. The third-order valence-corrected chi connectivity index (χ3v) is 4.99. The maximum absolute atomic E-state index is 6.23. The van der Waals surface area contributed by atoms with Gasteiger partial charge in [0.15, 0.2) is 0 Å². The average molecular weight is 289 g/mol. The Bertz CT molecular complexity index is 470. The van der Waals surface area contributed by atoms with Gasteiger partial charge in [-0.25, -0.2) is 0 Å². The first-order valence-corrected chi connectivity index (χ1v) is 8.33. The third kappa shape index (κ3) is 3.24. The largest absolute Gasteiger partial charge is 0.497 e. The van der Waals surface area contributed by atoms with E-state index < -0.39 is 0 Å². The number of methoxy groups -OCH3 is 1. The highest BCUT2D eigenvalue weighted by Gasteiger charge is 2.33. The Balaban J connectivity index is 1.63. The van der Waals surface area contributed by atoms with Crippen molar-refractivity contribution in [1.29, 1.82) is 0 Å². The van der Waals surface area contributed by atoms with Crippen LogP contribution in [0, 0.1) is 5.92 Å². The quantitative estimate of drug-likeness (QED) is 0.833. The van der Waals surface area contributed by atoms with E-state index in [4.69, 9.17) is 9.47 Å². The summed E-state index contributed by atoms with van der Waals surface area (Å²) in [6, 6.07) is 6.71. The lowest BCUT2D eigenvalue weighted by Gasteiger charge is -2.27. The summed E-state index contributed by atoms with van der Waals surface area (Å²) in [6.45, 7) is 4.02. The normalized spacial score (nSPS) is 24.7. The molecule has 0 radical (unpaired) electrons. The highest BCUT2D eigenvalue weighted by atomic mass is 16.5. The first-order valence-electron chi connectivity index (χ1n) is 8.33. The smallest absolute Gasteiger partial charge is 0.119 e. The van der Waals surface area contributed by atoms with Gasteiger partial charge in [0.1, 0.15) is 5.75 Å². The SMILES string of the molecule is CCNC1c2cc(OC)ccc2CC1OCCC1CCC1. The van der Waals surface area contributed by atoms with Gasteiger partial charge in [-0.2, -0.15) is 0 Å². The molecule has 3 nitrogen and oxygen atoms in total. The highest BCUT2D eigenvalue weighted by Crippen LogP contribution is 2.36. The number of nitrogens with one attached hydrogen (secondary N) is 1. The molecular weight excluding hydrogens is 262 g/mol. The predicted molar refractivity (Wildman–Crippen MR) is 84.8 cm³/mol. The van der Waals surface area contributed by atoms with Crippen LogP contribution in [-0.4, -0.2) is 26.4 Å². The molecular formula is C18H27NO2. The van der Waals surface area contributed by atoms with E-state index >= 15 is 0 Å². The van der Waals surface area contributed by atoms with E-state index in [1.165, 1.54) is 36.8 Å². The van der Waals surface area contributed by atoms with Gasteiger partial charge >= 0.3 is 0 Å². The van der Waals surface area contributed by atoms with Gasteiger partial charge in [0.05, 0.1) is 19.3 Å². The molecule has 1 fully saturated rings. The monoisotopic (exact) mass is 289 g/mol. The zero-order valence-electron chi connectivity index (χ0n) is 13.2. The van der Waals surface area contributed by atoms with Gasteiger partial charge in [-0.1, -0.05) is 32.3 Å². The van der Waals surface area contributed by atoms with Crippen molar-refractivity contribution in [1.82, 2.24) is 5.32 Å². The fourth-order valence-corrected chi connectivity index (χ4v) is 3.49. The zero-order valence-corrected chi connectivity index (χ0v) is 13.2. The number of hydrogen-bond donors (Lipinski definition) is 1. The Labute approximate surface area is 128 Å². The summed E-state index contributed by atoms with van der Waals surface area (Å²) in [5.41, 5.74) is 2.75. The van der Waals surface area contributed by atoms with E-state index in [1.807, 2.05) is 0 Å². The van der Waals surface area contributed by atoms with E-state index in [-0.39, 0.29) is 6.10 Å². The zero-order chi connectivity index (χ0) is 14.7. The molecule has 1 saturated carbocycles. The van der Waals surface area contributed by atoms with Gasteiger partial charge in [0.2, 0.25) is 0 Å². The van der Waals surface area contributed by atoms with E-state index in [1.54, 1.807) is 7.11 Å². The molecule has 1 N–H and O–H groups in total. The fraction of sp³-hybridized carbons (Fsp3) is 0.667. The maximum Gasteiger partial charge on any atom is 0.119 e. The number of likely N-dealkylation sites (N-methyl/N-ethyl adjacent to an activating group) is 1. The minimum absolute atomic E-state index is 0.270. The summed E-state index contributed by atoms with van der Waals surface area (Å²) in [4.78, 5) is 0. The maximum atomic E-state index is 6.23. The summed E-state index contributed by atoms with van der Waals surface area (Å²) in [7, 11) is 1.73. The Morgan fingerprint density at radius 2 is 2.14 bits per heavy atom. The predicted octanol–water partition coefficient (Wildman–Crippen LogP) is 3.48. The Kier molecular flexibility index (Phi) is 4.81. The topological polar surface area (TPSA) is 30.5 Å². The highest BCUT2D eigenvalue weighted by molar-refractivity contribution is 5.42. The second kappa shape index (κ2) is 6.80. The van der Waals surface area contributed by atoms with Gasteiger partial charge in [-0.3, -0.25) is 0 Å². The van der Waals surface area contributed by atoms with Crippen LogP contribution < -0.4 is 10.1 Å². The number of ether oxygens (including phenoxy) is 2. The van der Waals surface area contributed by atoms with E-state index in [0.717, 1.165) is 31.2 Å². The van der Waals surface area contributed by atoms with Crippen molar-refractivity contribution < 1.29 is 9.47 Å². The van der Waals surface area contributed by atoms with Gasteiger partial charge in [-0.15, -0.1) is 0 Å². The molecule has 2 aliphatic carbocycles. The molecule has 3 heteroatoms. The van der Waals surface area contributed by atoms with Crippen LogP contribution in [0.5, 0.6) is 5.75 Å². The van der Waals surface area contributed by atoms with Crippen LogP contribution in [0.4, 0.5) is 0 Å². The fourth-order valence-electron chi connectivity index (χ4n) is 3.49. The van der Waals surface area contributed by atoms with E-state index in [9.17, 15) is 0 Å². The molecule has 116 valence electrons. The van der Waals surface area contributed by atoms with Crippen LogP contribution in [0.1, 0.15) is 49.8 Å². The van der Waals surface area contributed by atoms with Crippen molar-refractivity contribution in [2.75, 3.05) is 20.3 Å². The first-order chi connectivity index (χ1) is 10.3. The van der Waals surface area contributed by atoms with Crippen LogP contribution in [0.2, 0.25) is 0 Å². The van der Waals surface area contributed by atoms with Gasteiger partial charge in [0, 0.05) is 13.0 Å². The average Bonchev–Trinajstić information content (AvgIpc) is 2.79. The summed E-state index contributed by atoms with van der Waals surface area (Å²) in [6.07, 6.45) is 6.74. The van der Waals surface area contributed by atoms with Crippen molar-refractivity contribution in [2.24, 2.45) is 5.92 Å². The molecule has 0 aromatic heterocycles. The lowest BCUT2D eigenvalue weighted by Crippen LogP contribution is -2.31. The summed E-state index contributed by atoms with van der Waals surface area (Å²) < 4.78 is 11.6. The molecule has 0 heterocycles. The molecule has 1 aromatic rings. The second-order valence-electron chi connectivity index (χ2n) is 6.30.